The maximum absolute atomic E-state index is 5.28. The van der Waals surface area contributed by atoms with Gasteiger partial charge in [0.15, 0.2) is 5.11 Å². The zero-order valence-corrected chi connectivity index (χ0v) is 13.1. The van der Waals surface area contributed by atoms with Crippen molar-refractivity contribution in [2.75, 3.05) is 0 Å². The standard InChI is InChI=1S/C14H21N3S2/c1-10-5-3-4-6-13(10)16-14(18)17-15-9-12-8-7-11(2)19-12/h7-10,13H,3-6H2,1-2H3,(H2,16,17,18)/b15-9-/t10-,13+/m1/s1. The molecule has 3 nitrogen and oxygen atoms in total. The maximum atomic E-state index is 5.28. The molecule has 2 rings (SSSR count). The lowest BCUT2D eigenvalue weighted by Crippen LogP contribution is -2.44. The van der Waals surface area contributed by atoms with E-state index in [-0.39, 0.29) is 0 Å². The Morgan fingerprint density at radius 2 is 2.21 bits per heavy atom. The smallest absolute Gasteiger partial charge is 0.187 e. The minimum atomic E-state index is 0.493. The van der Waals surface area contributed by atoms with Crippen molar-refractivity contribution in [2.24, 2.45) is 11.0 Å². The van der Waals surface area contributed by atoms with Crippen LogP contribution in [0.2, 0.25) is 0 Å². The molecule has 1 aromatic heterocycles. The van der Waals surface area contributed by atoms with Crippen LogP contribution in [0.15, 0.2) is 17.2 Å². The van der Waals surface area contributed by atoms with Gasteiger partial charge in [-0.15, -0.1) is 11.3 Å². The van der Waals surface area contributed by atoms with Gasteiger partial charge in [-0.2, -0.15) is 5.10 Å². The first kappa shape index (κ1) is 14.5. The van der Waals surface area contributed by atoms with Gasteiger partial charge in [0.25, 0.3) is 0 Å². The minimum absolute atomic E-state index is 0.493. The normalized spacial score (nSPS) is 23.5. The highest BCUT2D eigenvalue weighted by Crippen LogP contribution is 2.23. The van der Waals surface area contributed by atoms with Gasteiger partial charge in [0.1, 0.15) is 0 Å². The number of hydrogen-bond donors (Lipinski definition) is 2. The minimum Gasteiger partial charge on any atom is -0.358 e. The predicted octanol–water partition coefficient (Wildman–Crippen LogP) is 3.43. The fourth-order valence-corrected chi connectivity index (χ4v) is 3.36. The zero-order chi connectivity index (χ0) is 13.7. The van der Waals surface area contributed by atoms with Crippen LogP contribution in [0.1, 0.15) is 42.4 Å². The third kappa shape index (κ3) is 4.58. The molecule has 1 saturated carbocycles. The number of nitrogens with one attached hydrogen (secondary N) is 2. The number of thiophene rings is 1. The molecular formula is C14H21N3S2. The van der Waals surface area contributed by atoms with E-state index in [1.807, 2.05) is 6.21 Å². The van der Waals surface area contributed by atoms with Crippen LogP contribution in [0.5, 0.6) is 0 Å². The van der Waals surface area contributed by atoms with Gasteiger partial charge in [-0.3, -0.25) is 5.43 Å². The first-order valence-corrected chi connectivity index (χ1v) is 8.03. The summed E-state index contributed by atoms with van der Waals surface area (Å²) in [5.41, 5.74) is 2.90. The Hall–Kier alpha value is -0.940. The highest BCUT2D eigenvalue weighted by Gasteiger charge is 2.21. The first-order chi connectivity index (χ1) is 9.15. The van der Waals surface area contributed by atoms with Gasteiger partial charge >= 0.3 is 0 Å². The average molecular weight is 295 g/mol. The molecular weight excluding hydrogens is 274 g/mol. The summed E-state index contributed by atoms with van der Waals surface area (Å²) >= 11 is 7.00. The van der Waals surface area contributed by atoms with Gasteiger partial charge in [-0.1, -0.05) is 19.8 Å². The van der Waals surface area contributed by atoms with E-state index in [9.17, 15) is 0 Å². The summed E-state index contributed by atoms with van der Waals surface area (Å²) in [7, 11) is 0. The second-order valence-electron chi connectivity index (χ2n) is 5.16. The Morgan fingerprint density at radius 1 is 1.42 bits per heavy atom. The van der Waals surface area contributed by atoms with Crippen molar-refractivity contribution in [1.82, 2.24) is 10.7 Å². The summed E-state index contributed by atoms with van der Waals surface area (Å²) in [6.07, 6.45) is 6.95. The zero-order valence-electron chi connectivity index (χ0n) is 11.5. The number of hydrogen-bond acceptors (Lipinski definition) is 3. The second kappa shape index (κ2) is 7.01. The molecule has 5 heteroatoms. The number of rotatable bonds is 3. The van der Waals surface area contributed by atoms with Gasteiger partial charge in [-0.25, -0.2) is 0 Å². The van der Waals surface area contributed by atoms with Crippen molar-refractivity contribution in [3.63, 3.8) is 0 Å². The van der Waals surface area contributed by atoms with Crippen LogP contribution in [-0.2, 0) is 0 Å². The Labute approximate surface area is 124 Å². The summed E-state index contributed by atoms with van der Waals surface area (Å²) < 4.78 is 0. The summed E-state index contributed by atoms with van der Waals surface area (Å²) in [4.78, 5) is 2.43. The molecule has 1 aromatic rings. The van der Waals surface area contributed by atoms with Crippen LogP contribution in [0.3, 0.4) is 0 Å². The number of aryl methyl sites for hydroxylation is 1. The van der Waals surface area contributed by atoms with Crippen LogP contribution < -0.4 is 10.7 Å². The van der Waals surface area contributed by atoms with E-state index < -0.39 is 0 Å². The first-order valence-electron chi connectivity index (χ1n) is 6.81. The SMILES string of the molecule is Cc1ccc(/C=N\NC(=S)N[C@H]2CCCC[C@H]2C)s1. The largest absolute Gasteiger partial charge is 0.358 e. The number of nitrogens with zero attached hydrogens (tertiary/aromatic N) is 1. The highest BCUT2D eigenvalue weighted by atomic mass is 32.1. The van der Waals surface area contributed by atoms with E-state index in [1.54, 1.807) is 11.3 Å². The summed E-state index contributed by atoms with van der Waals surface area (Å²) in [6, 6.07) is 4.64. The fraction of sp³-hybridized carbons (Fsp3) is 0.571. The van der Waals surface area contributed by atoms with Crippen LogP contribution in [0.25, 0.3) is 0 Å². The molecule has 1 fully saturated rings. The molecule has 2 N–H and O–H groups in total. The predicted molar refractivity (Wildman–Crippen MR) is 86.9 cm³/mol. The van der Waals surface area contributed by atoms with E-state index in [0.29, 0.717) is 17.1 Å². The monoisotopic (exact) mass is 295 g/mol. The van der Waals surface area contributed by atoms with E-state index in [4.69, 9.17) is 12.2 Å². The molecule has 2 atom stereocenters. The number of thiocarbonyl (C=S) groups is 1. The van der Waals surface area contributed by atoms with Crippen molar-refractivity contribution in [3.05, 3.63) is 21.9 Å². The van der Waals surface area contributed by atoms with Gasteiger partial charge in [0.05, 0.1) is 6.21 Å². The molecule has 19 heavy (non-hydrogen) atoms. The van der Waals surface area contributed by atoms with Crippen molar-refractivity contribution in [1.29, 1.82) is 0 Å². The molecule has 0 spiro atoms. The Morgan fingerprint density at radius 3 is 2.89 bits per heavy atom. The van der Waals surface area contributed by atoms with E-state index in [0.717, 1.165) is 4.88 Å². The lowest BCUT2D eigenvalue weighted by molar-refractivity contribution is 0.308. The molecule has 0 radical (unpaired) electrons. The average Bonchev–Trinajstić information content (AvgIpc) is 2.78. The van der Waals surface area contributed by atoms with Gasteiger partial charge < -0.3 is 5.32 Å². The molecule has 1 aliphatic carbocycles. The molecule has 0 bridgehead atoms. The van der Waals surface area contributed by atoms with E-state index in [1.165, 1.54) is 30.6 Å². The quantitative estimate of drug-likeness (QED) is 0.509. The molecule has 104 valence electrons. The van der Waals surface area contributed by atoms with Crippen molar-refractivity contribution in [3.8, 4) is 0 Å². The Bertz CT molecular complexity index is 453. The molecule has 0 aliphatic heterocycles. The van der Waals surface area contributed by atoms with Gasteiger partial charge in [0.2, 0.25) is 0 Å². The van der Waals surface area contributed by atoms with Gasteiger partial charge in [0, 0.05) is 15.8 Å². The van der Waals surface area contributed by atoms with Crippen LogP contribution in [0, 0.1) is 12.8 Å². The summed E-state index contributed by atoms with van der Waals surface area (Å²) in [6.45, 7) is 4.38. The van der Waals surface area contributed by atoms with Crippen LogP contribution in [0.4, 0.5) is 0 Å². The van der Waals surface area contributed by atoms with Crippen LogP contribution in [-0.4, -0.2) is 17.4 Å². The van der Waals surface area contributed by atoms with E-state index >= 15 is 0 Å². The molecule has 1 aliphatic rings. The second-order valence-corrected chi connectivity index (χ2v) is 6.89. The lowest BCUT2D eigenvalue weighted by Gasteiger charge is -2.30. The Balaban J connectivity index is 1.76. The molecule has 0 aromatic carbocycles. The molecule has 0 unspecified atom stereocenters. The number of hydrazone groups is 1. The lowest BCUT2D eigenvalue weighted by atomic mass is 9.86. The third-order valence-electron chi connectivity index (χ3n) is 3.55. The van der Waals surface area contributed by atoms with Crippen LogP contribution >= 0.6 is 23.6 Å². The van der Waals surface area contributed by atoms with E-state index in [2.05, 4.69) is 41.8 Å². The van der Waals surface area contributed by atoms with Crippen molar-refractivity contribution >= 4 is 34.9 Å². The summed E-state index contributed by atoms with van der Waals surface area (Å²) in [5.74, 6) is 0.692. The topological polar surface area (TPSA) is 36.4 Å². The molecule has 0 saturated heterocycles. The van der Waals surface area contributed by atoms with Gasteiger partial charge in [-0.05, 0) is 50.0 Å². The fourth-order valence-electron chi connectivity index (χ4n) is 2.41. The van der Waals surface area contributed by atoms with Crippen molar-refractivity contribution in [2.45, 2.75) is 45.6 Å². The molecule has 1 heterocycles. The highest BCUT2D eigenvalue weighted by molar-refractivity contribution is 7.80. The third-order valence-corrected chi connectivity index (χ3v) is 4.69. The van der Waals surface area contributed by atoms with Crippen molar-refractivity contribution < 1.29 is 0 Å². The summed E-state index contributed by atoms with van der Waals surface area (Å²) in [5, 5.41) is 8.18. The maximum Gasteiger partial charge on any atom is 0.187 e. The molecule has 0 amide bonds. The Kier molecular flexibility index (Phi) is 5.34.